The second-order valence-corrected chi connectivity index (χ2v) is 4.40. The molecule has 0 saturated heterocycles. The Morgan fingerprint density at radius 3 is 2.80 bits per heavy atom. The summed E-state index contributed by atoms with van der Waals surface area (Å²) in [4.78, 5) is 9.02. The van der Waals surface area contributed by atoms with Crippen LogP contribution in [-0.4, -0.2) is 9.97 Å². The number of fused-ring (bicyclic) bond motifs is 1. The van der Waals surface area contributed by atoms with Crippen molar-refractivity contribution in [2.24, 2.45) is 0 Å². The van der Waals surface area contributed by atoms with Crippen LogP contribution in [0.15, 0.2) is 22.8 Å². The predicted molar refractivity (Wildman–Crippen MR) is 66.0 cm³/mol. The summed E-state index contributed by atoms with van der Waals surface area (Å²) in [5, 5.41) is 1.09. The first-order valence-electron chi connectivity index (χ1n) is 5.14. The highest BCUT2D eigenvalue weighted by Gasteiger charge is 2.06. The second kappa shape index (κ2) is 4.27. The van der Waals surface area contributed by atoms with Gasteiger partial charge in [0, 0.05) is 11.8 Å². The molecule has 1 heterocycles. The van der Waals surface area contributed by atoms with Crippen molar-refractivity contribution in [1.29, 1.82) is 0 Å². The molecule has 1 aromatic heterocycles. The van der Waals surface area contributed by atoms with Crippen molar-refractivity contribution in [1.82, 2.24) is 9.97 Å². The van der Waals surface area contributed by atoms with Gasteiger partial charge in [0.2, 0.25) is 0 Å². The Morgan fingerprint density at radius 2 is 2.07 bits per heavy atom. The van der Waals surface area contributed by atoms with E-state index in [0.29, 0.717) is 0 Å². The Labute approximate surface area is 97.9 Å². The highest BCUT2D eigenvalue weighted by atomic mass is 79.9. The van der Waals surface area contributed by atoms with Crippen molar-refractivity contribution in [2.45, 2.75) is 26.7 Å². The summed E-state index contributed by atoms with van der Waals surface area (Å²) >= 11 is 3.50. The van der Waals surface area contributed by atoms with Crippen molar-refractivity contribution in [3.05, 3.63) is 34.2 Å². The van der Waals surface area contributed by atoms with Crippen LogP contribution in [0.2, 0.25) is 0 Å². The molecule has 3 heteroatoms. The molecule has 0 N–H and O–H groups in total. The highest BCUT2D eigenvalue weighted by molar-refractivity contribution is 9.10. The molecule has 0 atom stereocenters. The number of para-hydroxylation sites is 1. The van der Waals surface area contributed by atoms with Crippen molar-refractivity contribution in [2.75, 3.05) is 0 Å². The number of aromatic nitrogens is 2. The Morgan fingerprint density at radius 1 is 1.27 bits per heavy atom. The summed E-state index contributed by atoms with van der Waals surface area (Å²) in [6.07, 6.45) is 2.01. The maximum absolute atomic E-state index is 4.58. The van der Waals surface area contributed by atoms with Crippen molar-refractivity contribution < 1.29 is 0 Å². The average Bonchev–Trinajstić information content (AvgIpc) is 2.20. The normalized spacial score (nSPS) is 10.9. The summed E-state index contributed by atoms with van der Waals surface area (Å²) in [6, 6.07) is 6.16. The predicted octanol–water partition coefficient (Wildman–Crippen LogP) is 3.65. The Hall–Kier alpha value is -0.960. The van der Waals surface area contributed by atoms with Crippen LogP contribution in [0.1, 0.15) is 24.7 Å². The molecule has 0 bridgehead atoms. The van der Waals surface area contributed by atoms with Gasteiger partial charge in [-0.05, 0) is 34.8 Å². The third-order valence-electron chi connectivity index (χ3n) is 2.40. The van der Waals surface area contributed by atoms with Crippen LogP contribution in [0.25, 0.3) is 10.9 Å². The van der Waals surface area contributed by atoms with Crippen molar-refractivity contribution in [3.8, 4) is 0 Å². The summed E-state index contributed by atoms with van der Waals surface area (Å²) in [6.45, 7) is 4.22. The molecule has 0 amide bonds. The van der Waals surface area contributed by atoms with Crippen LogP contribution in [0, 0.1) is 6.92 Å². The number of hydrogen-bond acceptors (Lipinski definition) is 2. The quantitative estimate of drug-likeness (QED) is 0.774. The molecule has 0 aliphatic carbocycles. The van der Waals surface area contributed by atoms with Crippen LogP contribution in [0.3, 0.4) is 0 Å². The molecule has 78 valence electrons. The molecule has 1 aromatic carbocycles. The number of aryl methyl sites for hydroxylation is 2. The zero-order valence-corrected chi connectivity index (χ0v) is 10.5. The molecule has 0 aliphatic rings. The van der Waals surface area contributed by atoms with Crippen LogP contribution < -0.4 is 0 Å². The number of benzene rings is 1. The van der Waals surface area contributed by atoms with E-state index >= 15 is 0 Å². The van der Waals surface area contributed by atoms with E-state index in [-0.39, 0.29) is 0 Å². The molecule has 0 spiro atoms. The molecule has 15 heavy (non-hydrogen) atoms. The molecule has 2 aromatic rings. The van der Waals surface area contributed by atoms with Crippen LogP contribution in [0.5, 0.6) is 0 Å². The van der Waals surface area contributed by atoms with Gasteiger partial charge in [-0.15, -0.1) is 0 Å². The van der Waals surface area contributed by atoms with Crippen LogP contribution in [0.4, 0.5) is 0 Å². The number of hydrogen-bond donors (Lipinski definition) is 0. The maximum Gasteiger partial charge on any atom is 0.130 e. The first-order chi connectivity index (χ1) is 7.22. The lowest BCUT2D eigenvalue weighted by Gasteiger charge is -2.05. The third-order valence-corrected chi connectivity index (χ3v) is 3.01. The standard InChI is InChI=1S/C12H13BrN2/c1-3-5-10-14-11-8(2)6-4-7-9(11)12(13)15-10/h4,6-7H,3,5H2,1-2H3. The van der Waals surface area contributed by atoms with Gasteiger partial charge in [-0.3, -0.25) is 0 Å². The molecule has 0 saturated carbocycles. The second-order valence-electron chi connectivity index (χ2n) is 3.65. The van der Waals surface area contributed by atoms with E-state index in [0.717, 1.165) is 34.2 Å². The SMILES string of the molecule is CCCc1nc(Br)c2cccc(C)c2n1. The molecule has 2 nitrogen and oxygen atoms in total. The topological polar surface area (TPSA) is 25.8 Å². The van der Waals surface area contributed by atoms with Crippen molar-refractivity contribution in [3.63, 3.8) is 0 Å². The summed E-state index contributed by atoms with van der Waals surface area (Å²) in [5.41, 5.74) is 2.26. The summed E-state index contributed by atoms with van der Waals surface area (Å²) in [5.74, 6) is 0.922. The minimum Gasteiger partial charge on any atom is -0.233 e. The van der Waals surface area contributed by atoms with Gasteiger partial charge < -0.3 is 0 Å². The fraction of sp³-hybridized carbons (Fsp3) is 0.333. The summed E-state index contributed by atoms with van der Waals surface area (Å²) < 4.78 is 0.902. The molecule has 0 fully saturated rings. The number of halogens is 1. The molecular weight excluding hydrogens is 252 g/mol. The van der Waals surface area contributed by atoms with E-state index in [1.165, 1.54) is 5.56 Å². The first-order valence-corrected chi connectivity index (χ1v) is 5.93. The molecule has 0 unspecified atom stereocenters. The third kappa shape index (κ3) is 2.02. The van der Waals surface area contributed by atoms with E-state index in [2.05, 4.69) is 45.8 Å². The number of nitrogens with zero attached hydrogens (tertiary/aromatic N) is 2. The van der Waals surface area contributed by atoms with Gasteiger partial charge in [0.05, 0.1) is 5.52 Å². The van der Waals surface area contributed by atoms with Gasteiger partial charge in [0.1, 0.15) is 10.4 Å². The zero-order valence-electron chi connectivity index (χ0n) is 8.92. The van der Waals surface area contributed by atoms with Gasteiger partial charge in [0.15, 0.2) is 0 Å². The monoisotopic (exact) mass is 264 g/mol. The lowest BCUT2D eigenvalue weighted by atomic mass is 10.1. The fourth-order valence-electron chi connectivity index (χ4n) is 1.64. The summed E-state index contributed by atoms with van der Waals surface area (Å²) in [7, 11) is 0. The highest BCUT2D eigenvalue weighted by Crippen LogP contribution is 2.23. The molecular formula is C12H13BrN2. The Balaban J connectivity index is 2.68. The lowest BCUT2D eigenvalue weighted by molar-refractivity contribution is 0.839. The minimum absolute atomic E-state index is 0.902. The van der Waals surface area contributed by atoms with Crippen LogP contribution >= 0.6 is 15.9 Å². The van der Waals surface area contributed by atoms with Crippen molar-refractivity contribution >= 4 is 26.8 Å². The van der Waals surface area contributed by atoms with E-state index < -0.39 is 0 Å². The minimum atomic E-state index is 0.902. The molecule has 0 radical (unpaired) electrons. The van der Waals surface area contributed by atoms with Gasteiger partial charge >= 0.3 is 0 Å². The van der Waals surface area contributed by atoms with Gasteiger partial charge in [0.25, 0.3) is 0 Å². The molecule has 0 aliphatic heterocycles. The van der Waals surface area contributed by atoms with Gasteiger partial charge in [-0.25, -0.2) is 9.97 Å². The van der Waals surface area contributed by atoms with Gasteiger partial charge in [-0.2, -0.15) is 0 Å². The van der Waals surface area contributed by atoms with E-state index in [9.17, 15) is 0 Å². The lowest BCUT2D eigenvalue weighted by Crippen LogP contribution is -1.97. The maximum atomic E-state index is 4.58. The Kier molecular flexibility index (Phi) is 3.00. The Bertz CT molecular complexity index is 494. The number of rotatable bonds is 2. The largest absolute Gasteiger partial charge is 0.233 e. The van der Waals surface area contributed by atoms with E-state index in [1.54, 1.807) is 0 Å². The van der Waals surface area contributed by atoms with Crippen LogP contribution in [-0.2, 0) is 6.42 Å². The average molecular weight is 265 g/mol. The molecule has 2 rings (SSSR count). The fourth-order valence-corrected chi connectivity index (χ4v) is 2.16. The van der Waals surface area contributed by atoms with Gasteiger partial charge in [-0.1, -0.05) is 25.1 Å². The first kappa shape index (κ1) is 10.6. The smallest absolute Gasteiger partial charge is 0.130 e. The zero-order chi connectivity index (χ0) is 10.8. The van der Waals surface area contributed by atoms with E-state index in [4.69, 9.17) is 0 Å². The van der Waals surface area contributed by atoms with E-state index in [1.807, 2.05) is 12.1 Å².